The van der Waals surface area contributed by atoms with Gasteiger partial charge in [-0.05, 0) is 26.0 Å². The van der Waals surface area contributed by atoms with Crippen LogP contribution in [0.1, 0.15) is 55.3 Å². The predicted octanol–water partition coefficient (Wildman–Crippen LogP) is 1.64. The summed E-state index contributed by atoms with van der Waals surface area (Å²) in [6.45, 7) is 7.93. The molecule has 34 heavy (non-hydrogen) atoms. The molecule has 0 spiro atoms. The molecule has 0 amide bonds. The van der Waals surface area contributed by atoms with Crippen LogP contribution in [-0.4, -0.2) is 72.5 Å². The van der Waals surface area contributed by atoms with Gasteiger partial charge in [0.05, 0.1) is 22.3 Å². The third-order valence-corrected chi connectivity index (χ3v) is 3.85. The highest BCUT2D eigenvalue weighted by Gasteiger charge is 2.27. The van der Waals surface area contributed by atoms with Crippen molar-refractivity contribution in [2.75, 3.05) is 26.4 Å². The van der Waals surface area contributed by atoms with Crippen molar-refractivity contribution in [2.45, 2.75) is 13.8 Å². The lowest BCUT2D eigenvalue weighted by molar-refractivity contribution is -0.140. The summed E-state index contributed by atoms with van der Waals surface area (Å²) in [6.07, 6.45) is 0. The van der Waals surface area contributed by atoms with Crippen molar-refractivity contribution in [2.24, 2.45) is 0 Å². The number of hydrogen-bond acceptors (Lipinski definition) is 10. The fraction of sp³-hybridized carbons (Fsp3) is 0.273. The smallest absolute Gasteiger partial charge is 0.339 e. The van der Waals surface area contributed by atoms with E-state index in [1.165, 1.54) is 13.8 Å². The van der Waals surface area contributed by atoms with Gasteiger partial charge >= 0.3 is 35.8 Å². The van der Waals surface area contributed by atoms with E-state index in [1.54, 1.807) is 0 Å². The maximum Gasteiger partial charge on any atom is 0.339 e. The Morgan fingerprint density at radius 3 is 1.18 bits per heavy atom. The maximum atomic E-state index is 12.3. The number of carboxylic acids is 2. The van der Waals surface area contributed by atoms with Crippen LogP contribution >= 0.6 is 0 Å². The van der Waals surface area contributed by atoms with E-state index >= 15 is 0 Å². The predicted molar refractivity (Wildman–Crippen MR) is 112 cm³/mol. The number of rotatable bonds is 12. The fourth-order valence-corrected chi connectivity index (χ4v) is 2.23. The molecule has 0 atom stereocenters. The van der Waals surface area contributed by atoms with E-state index in [1.807, 2.05) is 0 Å². The summed E-state index contributed by atoms with van der Waals surface area (Å²) in [7, 11) is 0. The molecule has 182 valence electrons. The first kappa shape index (κ1) is 27.6. The molecule has 12 heteroatoms. The van der Waals surface area contributed by atoms with E-state index in [4.69, 9.17) is 18.9 Å². The molecule has 0 aliphatic rings. The lowest BCUT2D eigenvalue weighted by atomic mass is 9.98. The summed E-state index contributed by atoms with van der Waals surface area (Å²) < 4.78 is 19.1. The lowest BCUT2D eigenvalue weighted by Gasteiger charge is -2.12. The van der Waals surface area contributed by atoms with Crippen LogP contribution in [0.15, 0.2) is 36.4 Å². The Morgan fingerprint density at radius 2 is 0.912 bits per heavy atom. The van der Waals surface area contributed by atoms with Crippen molar-refractivity contribution in [3.8, 4) is 0 Å². The second-order valence-corrected chi connectivity index (χ2v) is 6.66. The average molecular weight is 478 g/mol. The van der Waals surface area contributed by atoms with Gasteiger partial charge in [-0.2, -0.15) is 0 Å². The maximum absolute atomic E-state index is 12.3. The molecular formula is C22H22O12. The molecule has 0 saturated carbocycles. The van der Waals surface area contributed by atoms with E-state index in [9.17, 15) is 39.0 Å². The van der Waals surface area contributed by atoms with Gasteiger partial charge in [0.25, 0.3) is 0 Å². The van der Waals surface area contributed by atoms with E-state index in [-0.39, 0.29) is 24.4 Å². The zero-order valence-corrected chi connectivity index (χ0v) is 18.4. The molecule has 0 aliphatic heterocycles. The SMILES string of the molecule is C=C(C)C(=O)OCCOC(=O)c1cc(C(=O)O)c(C(=O)OCCOC(=O)C(=C)C)cc1C(=O)O. The fourth-order valence-electron chi connectivity index (χ4n) is 2.23. The number of carbonyl (C=O) groups excluding carboxylic acids is 4. The van der Waals surface area contributed by atoms with E-state index < -0.39 is 71.3 Å². The Balaban J connectivity index is 3.04. The average Bonchev–Trinajstić information content (AvgIpc) is 2.77. The number of esters is 4. The van der Waals surface area contributed by atoms with Crippen molar-refractivity contribution in [1.82, 2.24) is 0 Å². The molecule has 0 unspecified atom stereocenters. The number of ether oxygens (including phenoxy) is 4. The van der Waals surface area contributed by atoms with Crippen LogP contribution in [0.2, 0.25) is 0 Å². The van der Waals surface area contributed by atoms with Crippen molar-refractivity contribution < 1.29 is 57.9 Å². The van der Waals surface area contributed by atoms with Crippen molar-refractivity contribution in [3.05, 3.63) is 58.7 Å². The zero-order valence-electron chi connectivity index (χ0n) is 18.4. The molecule has 0 bridgehead atoms. The molecule has 12 nitrogen and oxygen atoms in total. The third kappa shape index (κ3) is 7.89. The largest absolute Gasteiger partial charge is 0.478 e. The van der Waals surface area contributed by atoms with Crippen LogP contribution in [0.4, 0.5) is 0 Å². The van der Waals surface area contributed by atoms with Gasteiger partial charge in [-0.15, -0.1) is 0 Å². The molecule has 1 aromatic rings. The number of carboxylic acid groups (broad SMARTS) is 2. The Kier molecular flexibility index (Phi) is 10.2. The van der Waals surface area contributed by atoms with Crippen LogP contribution in [0.3, 0.4) is 0 Å². The van der Waals surface area contributed by atoms with Gasteiger partial charge in [-0.1, -0.05) is 13.2 Å². The summed E-state index contributed by atoms with van der Waals surface area (Å²) >= 11 is 0. The van der Waals surface area contributed by atoms with E-state index in [0.717, 1.165) is 0 Å². The summed E-state index contributed by atoms with van der Waals surface area (Å²) in [5.41, 5.74) is -2.53. The van der Waals surface area contributed by atoms with Gasteiger partial charge < -0.3 is 29.2 Å². The molecular weight excluding hydrogens is 456 g/mol. The van der Waals surface area contributed by atoms with E-state index in [2.05, 4.69) is 13.2 Å². The Bertz CT molecular complexity index is 966. The summed E-state index contributed by atoms with van der Waals surface area (Å²) in [4.78, 5) is 70.5. The third-order valence-electron chi connectivity index (χ3n) is 3.85. The molecule has 0 radical (unpaired) electrons. The van der Waals surface area contributed by atoms with Crippen LogP contribution in [0, 0.1) is 0 Å². The Hall–Kier alpha value is -4.48. The van der Waals surface area contributed by atoms with Crippen molar-refractivity contribution in [3.63, 3.8) is 0 Å². The number of carbonyl (C=O) groups is 6. The van der Waals surface area contributed by atoms with Gasteiger partial charge in [0.1, 0.15) is 26.4 Å². The second kappa shape index (κ2) is 12.5. The first-order valence-electron chi connectivity index (χ1n) is 9.50. The highest BCUT2D eigenvalue weighted by atomic mass is 16.6. The highest BCUT2D eigenvalue weighted by Crippen LogP contribution is 2.20. The lowest BCUT2D eigenvalue weighted by Crippen LogP contribution is -2.21. The zero-order chi connectivity index (χ0) is 26.0. The van der Waals surface area contributed by atoms with Crippen molar-refractivity contribution >= 4 is 35.8 Å². The first-order valence-corrected chi connectivity index (χ1v) is 9.50. The molecule has 0 saturated heterocycles. The minimum atomic E-state index is -1.65. The quantitative estimate of drug-likeness (QED) is 0.192. The summed E-state index contributed by atoms with van der Waals surface area (Å²) in [5, 5.41) is 18.9. The summed E-state index contributed by atoms with van der Waals surface area (Å²) in [6, 6.07) is 1.32. The van der Waals surface area contributed by atoms with Crippen LogP contribution in [-0.2, 0) is 28.5 Å². The number of hydrogen-bond donors (Lipinski definition) is 2. The van der Waals surface area contributed by atoms with E-state index in [0.29, 0.717) is 12.1 Å². The number of aromatic carboxylic acids is 2. The van der Waals surface area contributed by atoms with Crippen molar-refractivity contribution in [1.29, 1.82) is 0 Å². The summed E-state index contributed by atoms with van der Waals surface area (Å²) in [5.74, 6) is -7.21. The standard InChI is InChI=1S/C22H22O12/c1-11(2)19(27)31-5-7-33-21(29)15-9-14(18(25)26)16(10-13(15)17(23)24)22(30)34-8-6-32-20(28)12(3)4/h9-10H,1,3,5-8H2,2,4H3,(H,23,24)(H,25,26). The Morgan fingerprint density at radius 1 is 0.618 bits per heavy atom. The topological polar surface area (TPSA) is 180 Å². The molecule has 0 aromatic heterocycles. The monoisotopic (exact) mass is 478 g/mol. The van der Waals surface area contributed by atoms with Crippen LogP contribution in [0.5, 0.6) is 0 Å². The molecule has 0 fully saturated rings. The second-order valence-electron chi connectivity index (χ2n) is 6.66. The van der Waals surface area contributed by atoms with Gasteiger partial charge in [0.15, 0.2) is 0 Å². The minimum absolute atomic E-state index is 0.113. The molecule has 0 aliphatic carbocycles. The molecule has 1 rings (SSSR count). The first-order chi connectivity index (χ1) is 15.9. The van der Waals surface area contributed by atoms with Gasteiger partial charge in [-0.25, -0.2) is 28.8 Å². The van der Waals surface area contributed by atoms with Gasteiger partial charge in [-0.3, -0.25) is 0 Å². The van der Waals surface area contributed by atoms with Crippen LogP contribution < -0.4 is 0 Å². The normalized spacial score (nSPS) is 9.94. The van der Waals surface area contributed by atoms with Gasteiger partial charge in [0.2, 0.25) is 0 Å². The highest BCUT2D eigenvalue weighted by molar-refractivity contribution is 6.09. The Labute approximate surface area is 193 Å². The minimum Gasteiger partial charge on any atom is -0.478 e. The molecule has 2 N–H and O–H groups in total. The molecule has 1 aromatic carbocycles. The van der Waals surface area contributed by atoms with Gasteiger partial charge in [0, 0.05) is 11.1 Å². The number of benzene rings is 1. The van der Waals surface area contributed by atoms with Crippen LogP contribution in [0.25, 0.3) is 0 Å². The molecule has 0 heterocycles.